The molecule has 4 nitrogen and oxygen atoms in total. The van der Waals surface area contributed by atoms with Gasteiger partial charge in [-0.3, -0.25) is 0 Å². The van der Waals surface area contributed by atoms with Crippen LogP contribution >= 0.6 is 22.6 Å². The third-order valence-corrected chi connectivity index (χ3v) is 3.13. The number of carboxylic acid groups (broad SMARTS) is 1. The van der Waals surface area contributed by atoms with Crippen molar-refractivity contribution in [2.45, 2.75) is 19.8 Å². The molecular weight excluding hydrogens is 335 g/mol. The van der Waals surface area contributed by atoms with E-state index in [1.54, 1.807) is 6.07 Å². The van der Waals surface area contributed by atoms with Crippen LogP contribution in [0.2, 0.25) is 0 Å². The van der Waals surface area contributed by atoms with Gasteiger partial charge in [0.05, 0.1) is 19.3 Å². The summed E-state index contributed by atoms with van der Waals surface area (Å²) in [4.78, 5) is 11.0. The summed E-state index contributed by atoms with van der Waals surface area (Å²) in [5, 5.41) is 8.99. The maximum Gasteiger partial charge on any atom is 0.336 e. The van der Waals surface area contributed by atoms with Crippen molar-refractivity contribution in [3.05, 3.63) is 21.3 Å². The number of carbonyl (C=O) groups is 1. The van der Waals surface area contributed by atoms with E-state index >= 15 is 0 Å². The van der Waals surface area contributed by atoms with Crippen LogP contribution in [-0.2, 0) is 0 Å². The second-order valence-electron chi connectivity index (χ2n) is 3.49. The maximum atomic E-state index is 11.0. The highest BCUT2D eigenvalue weighted by atomic mass is 127. The molecule has 0 aromatic heterocycles. The van der Waals surface area contributed by atoms with E-state index < -0.39 is 5.97 Å². The first-order valence-electron chi connectivity index (χ1n) is 5.33. The van der Waals surface area contributed by atoms with E-state index in [2.05, 4.69) is 6.92 Å². The minimum absolute atomic E-state index is 0.227. The van der Waals surface area contributed by atoms with Gasteiger partial charge in [0.15, 0.2) is 11.5 Å². The highest BCUT2D eigenvalue weighted by molar-refractivity contribution is 14.1. The number of halogens is 1. The molecule has 0 aliphatic carbocycles. The van der Waals surface area contributed by atoms with Crippen LogP contribution in [0, 0.1) is 3.57 Å². The van der Waals surface area contributed by atoms with Gasteiger partial charge in [-0.15, -0.1) is 0 Å². The number of carboxylic acids is 1. The molecule has 0 aliphatic rings. The molecule has 0 amide bonds. The molecule has 1 rings (SSSR count). The zero-order valence-corrected chi connectivity index (χ0v) is 12.0. The SMILES string of the molecule is CCCCOc1cc(I)c(C(=O)O)cc1OC. The topological polar surface area (TPSA) is 55.8 Å². The second kappa shape index (κ2) is 6.68. The highest BCUT2D eigenvalue weighted by Gasteiger charge is 2.14. The van der Waals surface area contributed by atoms with E-state index in [1.165, 1.54) is 13.2 Å². The van der Waals surface area contributed by atoms with Crippen molar-refractivity contribution in [3.63, 3.8) is 0 Å². The molecule has 0 bridgehead atoms. The average molecular weight is 350 g/mol. The van der Waals surface area contributed by atoms with Crippen LogP contribution in [0.1, 0.15) is 30.1 Å². The Morgan fingerprint density at radius 3 is 2.65 bits per heavy atom. The van der Waals surface area contributed by atoms with Crippen LogP contribution in [-0.4, -0.2) is 24.8 Å². The van der Waals surface area contributed by atoms with Crippen molar-refractivity contribution in [2.24, 2.45) is 0 Å². The van der Waals surface area contributed by atoms with Crippen LogP contribution in [0.3, 0.4) is 0 Å². The van der Waals surface area contributed by atoms with Crippen molar-refractivity contribution in [3.8, 4) is 11.5 Å². The normalized spacial score (nSPS) is 10.1. The summed E-state index contributed by atoms with van der Waals surface area (Å²) in [6, 6.07) is 3.18. The second-order valence-corrected chi connectivity index (χ2v) is 4.65. The van der Waals surface area contributed by atoms with Gasteiger partial charge in [-0.1, -0.05) is 13.3 Å². The molecule has 5 heteroatoms. The fraction of sp³-hybridized carbons (Fsp3) is 0.417. The minimum atomic E-state index is -0.965. The predicted octanol–water partition coefficient (Wildman–Crippen LogP) is 3.18. The molecule has 0 atom stereocenters. The quantitative estimate of drug-likeness (QED) is 0.633. The molecule has 17 heavy (non-hydrogen) atoms. The van der Waals surface area contributed by atoms with Crippen molar-refractivity contribution >= 4 is 28.6 Å². The standard InChI is InChI=1S/C12H15IO4/c1-3-4-5-17-11-7-9(13)8(12(14)15)6-10(11)16-2/h6-7H,3-5H2,1-2H3,(H,14,15). The van der Waals surface area contributed by atoms with E-state index in [1.807, 2.05) is 22.6 Å². The van der Waals surface area contributed by atoms with Gasteiger partial charge in [0.2, 0.25) is 0 Å². The van der Waals surface area contributed by atoms with Gasteiger partial charge in [0.25, 0.3) is 0 Å². The molecule has 94 valence electrons. The lowest BCUT2D eigenvalue weighted by Gasteiger charge is -2.12. The summed E-state index contributed by atoms with van der Waals surface area (Å²) in [7, 11) is 1.50. The van der Waals surface area contributed by atoms with E-state index in [0.717, 1.165) is 12.8 Å². The largest absolute Gasteiger partial charge is 0.493 e. The summed E-state index contributed by atoms with van der Waals surface area (Å²) in [5.74, 6) is 0.0853. The molecule has 0 unspecified atom stereocenters. The monoisotopic (exact) mass is 350 g/mol. The fourth-order valence-electron chi connectivity index (χ4n) is 1.30. The molecule has 0 spiro atoms. The Kier molecular flexibility index (Phi) is 5.54. The molecule has 1 aromatic carbocycles. The Morgan fingerprint density at radius 2 is 2.12 bits per heavy atom. The summed E-state index contributed by atoms with van der Waals surface area (Å²) in [5.41, 5.74) is 0.227. The lowest BCUT2D eigenvalue weighted by molar-refractivity contribution is 0.0695. The molecule has 0 heterocycles. The summed E-state index contributed by atoms with van der Waals surface area (Å²) < 4.78 is 11.3. The molecule has 0 aliphatic heterocycles. The van der Waals surface area contributed by atoms with Gasteiger partial charge >= 0.3 is 5.97 Å². The predicted molar refractivity (Wildman–Crippen MR) is 73.1 cm³/mol. The van der Waals surface area contributed by atoms with Crippen molar-refractivity contribution in [1.29, 1.82) is 0 Å². The number of rotatable bonds is 6. The molecule has 0 saturated heterocycles. The zero-order chi connectivity index (χ0) is 12.8. The Bertz CT molecular complexity index is 404. The van der Waals surface area contributed by atoms with E-state index in [0.29, 0.717) is 21.7 Å². The number of methoxy groups -OCH3 is 1. The fourth-order valence-corrected chi connectivity index (χ4v) is 1.97. The van der Waals surface area contributed by atoms with Crippen LogP contribution in [0.5, 0.6) is 11.5 Å². The number of hydrogen-bond donors (Lipinski definition) is 1. The van der Waals surface area contributed by atoms with Gasteiger partial charge in [0.1, 0.15) is 0 Å². The molecule has 0 saturated carbocycles. The third kappa shape index (κ3) is 3.76. The van der Waals surface area contributed by atoms with Gasteiger partial charge in [0, 0.05) is 3.57 Å². The van der Waals surface area contributed by atoms with Crippen molar-refractivity contribution < 1.29 is 19.4 Å². The maximum absolute atomic E-state index is 11.0. The smallest absolute Gasteiger partial charge is 0.336 e. The summed E-state index contributed by atoms with van der Waals surface area (Å²) >= 11 is 1.98. The third-order valence-electron chi connectivity index (χ3n) is 2.24. The van der Waals surface area contributed by atoms with Gasteiger partial charge in [-0.25, -0.2) is 4.79 Å². The van der Waals surface area contributed by atoms with Gasteiger partial charge in [-0.05, 0) is 41.1 Å². The number of hydrogen-bond acceptors (Lipinski definition) is 3. The zero-order valence-electron chi connectivity index (χ0n) is 9.83. The lowest BCUT2D eigenvalue weighted by atomic mass is 10.2. The average Bonchev–Trinajstić information content (AvgIpc) is 2.29. The highest BCUT2D eigenvalue weighted by Crippen LogP contribution is 2.31. The molecule has 0 fully saturated rings. The van der Waals surface area contributed by atoms with Crippen LogP contribution in [0.15, 0.2) is 12.1 Å². The molecular formula is C12H15IO4. The Morgan fingerprint density at radius 1 is 1.41 bits per heavy atom. The minimum Gasteiger partial charge on any atom is -0.493 e. The molecule has 0 radical (unpaired) electrons. The van der Waals surface area contributed by atoms with E-state index in [4.69, 9.17) is 14.6 Å². The number of aromatic carboxylic acids is 1. The summed E-state index contributed by atoms with van der Waals surface area (Å²) in [6.07, 6.45) is 2.01. The number of unbranched alkanes of at least 4 members (excludes halogenated alkanes) is 1. The Balaban J connectivity index is 2.97. The van der Waals surface area contributed by atoms with Gasteiger partial charge in [-0.2, -0.15) is 0 Å². The molecule has 1 N–H and O–H groups in total. The van der Waals surface area contributed by atoms with Crippen LogP contribution < -0.4 is 9.47 Å². The van der Waals surface area contributed by atoms with Gasteiger partial charge < -0.3 is 14.6 Å². The first-order chi connectivity index (χ1) is 8.10. The summed E-state index contributed by atoms with van der Waals surface area (Å²) in [6.45, 7) is 2.69. The molecule has 1 aromatic rings. The number of ether oxygens (including phenoxy) is 2. The first kappa shape index (κ1) is 14.1. The van der Waals surface area contributed by atoms with E-state index in [-0.39, 0.29) is 5.56 Å². The van der Waals surface area contributed by atoms with Crippen LogP contribution in [0.25, 0.3) is 0 Å². The van der Waals surface area contributed by atoms with Crippen LogP contribution in [0.4, 0.5) is 0 Å². The Labute approximate surface area is 114 Å². The van der Waals surface area contributed by atoms with Crippen molar-refractivity contribution in [2.75, 3.05) is 13.7 Å². The van der Waals surface area contributed by atoms with E-state index in [9.17, 15) is 4.79 Å². The Hall–Kier alpha value is -0.980. The number of benzene rings is 1. The van der Waals surface area contributed by atoms with Crippen molar-refractivity contribution in [1.82, 2.24) is 0 Å². The lowest BCUT2D eigenvalue weighted by Crippen LogP contribution is -2.04. The first-order valence-corrected chi connectivity index (χ1v) is 6.41.